The molecule has 0 radical (unpaired) electrons. The molecule has 128 valence electrons. The lowest BCUT2D eigenvalue weighted by molar-refractivity contribution is 0.331. The molecule has 1 aliphatic carbocycles. The van der Waals surface area contributed by atoms with Crippen LogP contribution in [-0.2, 0) is 7.05 Å². The van der Waals surface area contributed by atoms with Crippen LogP contribution in [0.3, 0.4) is 0 Å². The van der Waals surface area contributed by atoms with Crippen LogP contribution in [0.2, 0.25) is 0 Å². The van der Waals surface area contributed by atoms with Gasteiger partial charge in [0.15, 0.2) is 5.82 Å². The fourth-order valence-electron chi connectivity index (χ4n) is 3.80. The maximum absolute atomic E-state index is 12.7. The highest BCUT2D eigenvalue weighted by atomic mass is 32.2. The predicted molar refractivity (Wildman–Crippen MR) is 97.3 cm³/mol. The number of hydrogen-bond donors (Lipinski definition) is 1. The Kier molecular flexibility index (Phi) is 3.90. The first-order chi connectivity index (χ1) is 11.6. The van der Waals surface area contributed by atoms with Crippen molar-refractivity contribution in [2.45, 2.75) is 57.2 Å². The lowest BCUT2D eigenvalue weighted by Gasteiger charge is -2.26. The van der Waals surface area contributed by atoms with Crippen LogP contribution in [0.4, 0.5) is 5.82 Å². The molecular formula is C17H23N5OS. The van der Waals surface area contributed by atoms with E-state index in [4.69, 9.17) is 4.99 Å². The molecule has 24 heavy (non-hydrogen) atoms. The summed E-state index contributed by atoms with van der Waals surface area (Å²) < 4.78 is 3.90. The van der Waals surface area contributed by atoms with Crippen LogP contribution in [0.5, 0.6) is 0 Å². The van der Waals surface area contributed by atoms with Crippen LogP contribution >= 0.6 is 11.8 Å². The molecular weight excluding hydrogens is 322 g/mol. The van der Waals surface area contributed by atoms with E-state index >= 15 is 0 Å². The fraction of sp³-hybridized carbons (Fsp3) is 0.588. The third-order valence-electron chi connectivity index (χ3n) is 5.25. The van der Waals surface area contributed by atoms with Crippen molar-refractivity contribution in [3.8, 4) is 0 Å². The molecule has 4 rings (SSSR count). The highest BCUT2D eigenvalue weighted by molar-refractivity contribution is 8.14. The Labute approximate surface area is 145 Å². The molecule has 0 spiro atoms. The van der Waals surface area contributed by atoms with E-state index in [1.807, 2.05) is 29.5 Å². The van der Waals surface area contributed by atoms with Gasteiger partial charge in [-0.05, 0) is 26.7 Å². The van der Waals surface area contributed by atoms with Crippen LogP contribution in [0.15, 0.2) is 16.0 Å². The van der Waals surface area contributed by atoms with Crippen LogP contribution in [0.1, 0.15) is 67.1 Å². The van der Waals surface area contributed by atoms with Crippen molar-refractivity contribution in [1.82, 2.24) is 19.6 Å². The summed E-state index contributed by atoms with van der Waals surface area (Å²) in [6.45, 7) is 4.07. The van der Waals surface area contributed by atoms with Gasteiger partial charge in [-0.3, -0.25) is 19.3 Å². The Hall–Kier alpha value is -1.76. The highest BCUT2D eigenvalue weighted by Crippen LogP contribution is 2.45. The summed E-state index contributed by atoms with van der Waals surface area (Å²) in [7, 11) is 1.94. The zero-order valence-electron chi connectivity index (χ0n) is 14.4. The average Bonchev–Trinajstić information content (AvgIpc) is 3.08. The SMILES string of the molecule is CC1=Nc2c(c(=O)[nH]n2C2CCCCC2)[C@@H](c2cnn(C)c2C)S1. The second-order valence-corrected chi connectivity index (χ2v) is 8.08. The van der Waals surface area contributed by atoms with Crippen molar-refractivity contribution in [2.75, 3.05) is 0 Å². The van der Waals surface area contributed by atoms with Gasteiger partial charge in [-0.25, -0.2) is 4.99 Å². The molecule has 6 nitrogen and oxygen atoms in total. The molecule has 2 aromatic rings. The fourth-order valence-corrected chi connectivity index (χ4v) is 4.97. The molecule has 1 atom stereocenters. The minimum absolute atomic E-state index is 0.00687. The van der Waals surface area contributed by atoms with Crippen LogP contribution in [0.25, 0.3) is 0 Å². The maximum Gasteiger partial charge on any atom is 0.271 e. The van der Waals surface area contributed by atoms with Gasteiger partial charge in [-0.15, -0.1) is 0 Å². The van der Waals surface area contributed by atoms with E-state index in [9.17, 15) is 4.79 Å². The molecule has 0 saturated heterocycles. The summed E-state index contributed by atoms with van der Waals surface area (Å²) in [6, 6.07) is 0.366. The van der Waals surface area contributed by atoms with E-state index in [-0.39, 0.29) is 10.8 Å². The van der Waals surface area contributed by atoms with Gasteiger partial charge in [0, 0.05) is 18.3 Å². The highest BCUT2D eigenvalue weighted by Gasteiger charge is 2.33. The molecule has 2 aliphatic rings. The van der Waals surface area contributed by atoms with Gasteiger partial charge in [-0.2, -0.15) is 5.10 Å². The van der Waals surface area contributed by atoms with Crippen molar-refractivity contribution < 1.29 is 0 Å². The normalized spacial score (nSPS) is 21.6. The van der Waals surface area contributed by atoms with Gasteiger partial charge in [0.25, 0.3) is 5.56 Å². The van der Waals surface area contributed by atoms with Crippen LogP contribution in [0, 0.1) is 6.92 Å². The number of aromatic nitrogens is 4. The number of hydrogen-bond acceptors (Lipinski definition) is 4. The number of aromatic amines is 1. The third kappa shape index (κ3) is 2.46. The number of rotatable bonds is 2. The van der Waals surface area contributed by atoms with Crippen molar-refractivity contribution in [3.63, 3.8) is 0 Å². The third-order valence-corrected chi connectivity index (χ3v) is 6.40. The Balaban J connectivity index is 1.84. The molecule has 3 heterocycles. The molecule has 1 fully saturated rings. The van der Waals surface area contributed by atoms with Gasteiger partial charge >= 0.3 is 0 Å². The van der Waals surface area contributed by atoms with E-state index in [1.165, 1.54) is 19.3 Å². The summed E-state index contributed by atoms with van der Waals surface area (Å²) in [5, 5.41) is 8.42. The first-order valence-electron chi connectivity index (χ1n) is 8.61. The number of thioether (sulfide) groups is 1. The van der Waals surface area contributed by atoms with E-state index in [2.05, 4.69) is 17.1 Å². The summed E-state index contributed by atoms with van der Waals surface area (Å²) in [5.74, 6) is 0.830. The Bertz CT molecular complexity index is 853. The van der Waals surface area contributed by atoms with Gasteiger partial charge < -0.3 is 0 Å². The molecule has 0 aromatic carbocycles. The quantitative estimate of drug-likeness (QED) is 0.904. The van der Waals surface area contributed by atoms with Crippen molar-refractivity contribution in [2.24, 2.45) is 12.0 Å². The molecule has 0 amide bonds. The largest absolute Gasteiger partial charge is 0.273 e. The predicted octanol–water partition coefficient (Wildman–Crippen LogP) is 3.61. The summed E-state index contributed by atoms with van der Waals surface area (Å²) in [6.07, 6.45) is 7.86. The van der Waals surface area contributed by atoms with Crippen molar-refractivity contribution in [1.29, 1.82) is 0 Å². The first kappa shape index (κ1) is 15.7. The van der Waals surface area contributed by atoms with Crippen molar-refractivity contribution in [3.05, 3.63) is 33.4 Å². The Morgan fingerprint density at radius 2 is 2.00 bits per heavy atom. The van der Waals surface area contributed by atoms with Gasteiger partial charge in [0.05, 0.1) is 28.1 Å². The maximum atomic E-state index is 12.7. The average molecular weight is 345 g/mol. The zero-order valence-corrected chi connectivity index (χ0v) is 15.2. The van der Waals surface area contributed by atoms with Crippen LogP contribution in [-0.4, -0.2) is 24.6 Å². The molecule has 2 aromatic heterocycles. The molecule has 1 aliphatic heterocycles. The summed E-state index contributed by atoms with van der Waals surface area (Å²) >= 11 is 1.65. The number of fused-ring (bicyclic) bond motifs is 1. The first-order valence-corrected chi connectivity index (χ1v) is 9.49. The minimum Gasteiger partial charge on any atom is -0.273 e. The van der Waals surface area contributed by atoms with Gasteiger partial charge in [-0.1, -0.05) is 31.0 Å². The minimum atomic E-state index is -0.0280. The number of nitrogens with zero attached hydrogens (tertiary/aromatic N) is 4. The Morgan fingerprint density at radius 3 is 2.67 bits per heavy atom. The second kappa shape index (κ2) is 5.95. The molecule has 7 heteroatoms. The zero-order chi connectivity index (χ0) is 16.8. The molecule has 0 bridgehead atoms. The summed E-state index contributed by atoms with van der Waals surface area (Å²) in [5.41, 5.74) is 2.97. The molecule has 1 saturated carbocycles. The van der Waals surface area contributed by atoms with Gasteiger partial charge in [0.2, 0.25) is 0 Å². The molecule has 1 N–H and O–H groups in total. The van der Waals surface area contributed by atoms with Crippen molar-refractivity contribution >= 4 is 22.6 Å². The smallest absolute Gasteiger partial charge is 0.271 e. The number of nitrogens with one attached hydrogen (secondary N) is 1. The van der Waals surface area contributed by atoms with Gasteiger partial charge in [0.1, 0.15) is 0 Å². The number of aliphatic imine (C=N–C) groups is 1. The van der Waals surface area contributed by atoms with E-state index in [0.29, 0.717) is 6.04 Å². The monoisotopic (exact) mass is 345 g/mol. The lowest BCUT2D eigenvalue weighted by atomic mass is 9.95. The summed E-state index contributed by atoms with van der Waals surface area (Å²) in [4.78, 5) is 17.5. The topological polar surface area (TPSA) is 68.0 Å². The lowest BCUT2D eigenvalue weighted by Crippen LogP contribution is -2.16. The number of aryl methyl sites for hydroxylation is 1. The molecule has 0 unspecified atom stereocenters. The van der Waals surface area contributed by atoms with E-state index in [0.717, 1.165) is 40.5 Å². The van der Waals surface area contributed by atoms with Crippen LogP contribution < -0.4 is 5.56 Å². The number of H-pyrrole nitrogens is 1. The van der Waals surface area contributed by atoms with E-state index in [1.54, 1.807) is 11.8 Å². The standard InChI is InChI=1S/C17H23N5OS/c1-10-13(9-18-21(10)3)15-14-16(19-11(2)24-15)22(20-17(14)23)12-7-5-4-6-8-12/h9,12,15H,4-8H2,1-3H3,(H,20,23)/t15-/m1/s1. The van der Waals surface area contributed by atoms with E-state index < -0.39 is 0 Å². The second-order valence-electron chi connectivity index (χ2n) is 6.78. The Morgan fingerprint density at radius 1 is 1.25 bits per heavy atom.